The van der Waals surface area contributed by atoms with Gasteiger partial charge in [0, 0.05) is 85.5 Å². The Morgan fingerprint density at radius 3 is 1.99 bits per heavy atom. The number of rotatable bonds is 30. The topological polar surface area (TPSA) is 243 Å². The van der Waals surface area contributed by atoms with Gasteiger partial charge in [0.1, 0.15) is 18.1 Å². The molecular weight excluding hydrogens is 1040 g/mol. The van der Waals surface area contributed by atoms with Crippen molar-refractivity contribution in [2.45, 2.75) is 82.1 Å². The Bertz CT molecular complexity index is 2970. The summed E-state index contributed by atoms with van der Waals surface area (Å²) >= 11 is 0. The molecule has 2 amide bonds. The molecule has 2 N–H and O–H groups in total. The molecule has 4 aliphatic rings. The quantitative estimate of drug-likeness (QED) is 0.0309. The first-order valence-electron chi connectivity index (χ1n) is 25.7. The summed E-state index contributed by atoms with van der Waals surface area (Å²) in [6.45, 7) is 13.7. The molecular formula is C55H70N3O17S2+. The lowest BCUT2D eigenvalue weighted by Crippen LogP contribution is -2.47. The van der Waals surface area contributed by atoms with Gasteiger partial charge in [-0.25, -0.2) is 4.79 Å². The third-order valence-corrected chi connectivity index (χ3v) is 15.3. The van der Waals surface area contributed by atoms with Gasteiger partial charge in [-0.15, -0.1) is 5.06 Å². The molecule has 0 spiro atoms. The van der Waals surface area contributed by atoms with Crippen molar-refractivity contribution in [3.8, 4) is 5.75 Å². The van der Waals surface area contributed by atoms with E-state index < -0.39 is 54.7 Å². The lowest BCUT2D eigenvalue weighted by molar-refractivity contribution is -0.437. The molecule has 418 valence electrons. The molecule has 7 rings (SSSR count). The highest BCUT2D eigenvalue weighted by Gasteiger charge is 2.49. The average Bonchev–Trinajstić information content (AvgIpc) is 3.89. The number of methoxy groups -OCH3 is 1. The lowest BCUT2D eigenvalue weighted by atomic mass is 9.74. The standard InChI is InChI=1S/C55H69N3O17S2/c1-39-38-54(2,3)57(20-21-69-24-25-71-28-29-73-31-30-72-27-26-70-23-22-68-5)47-37-49-44(36-43(39)47)41(33-48(74-49)40-11-7-6-8-12-40)34-50-55(4,18-9-13-53(61)75-58-51(59)16-17-52(58)60)45-35-42(77(65,66)67)14-15-46(45)56(50)19-10-32-76(62,63)64/h6-8,11-12,14-15,33-38H,9-10,13,16-32H2,1-5H3,(H-,62,63,64,65,66,67)/p+1. The highest BCUT2D eigenvalue weighted by atomic mass is 32.2. The summed E-state index contributed by atoms with van der Waals surface area (Å²) in [4.78, 5) is 44.8. The minimum absolute atomic E-state index is 0.0326. The molecule has 77 heavy (non-hydrogen) atoms. The number of hydroxylamine groups is 2. The number of allylic oxidation sites excluding steroid dienone is 4. The lowest BCUT2D eigenvalue weighted by Gasteiger charge is -2.44. The van der Waals surface area contributed by atoms with Crippen LogP contribution in [0.15, 0.2) is 83.8 Å². The van der Waals surface area contributed by atoms with E-state index in [-0.39, 0.29) is 50.0 Å². The second-order valence-corrected chi connectivity index (χ2v) is 22.7. The van der Waals surface area contributed by atoms with E-state index in [9.17, 15) is 40.3 Å². The number of imide groups is 1. The number of ether oxygens (including phenoxy) is 7. The molecule has 20 nitrogen and oxygen atoms in total. The average molecular weight is 1110 g/mol. The molecule has 0 saturated carbocycles. The van der Waals surface area contributed by atoms with Crippen LogP contribution in [0.25, 0.3) is 16.9 Å². The third-order valence-electron chi connectivity index (χ3n) is 13.7. The molecule has 22 heteroatoms. The smallest absolute Gasteiger partial charge is 0.333 e. The number of carbonyl (C=O) groups is 3. The zero-order chi connectivity index (χ0) is 55.4. The Balaban J connectivity index is 1.17. The van der Waals surface area contributed by atoms with Crippen molar-refractivity contribution in [2.75, 3.05) is 104 Å². The number of anilines is 1. The summed E-state index contributed by atoms with van der Waals surface area (Å²) in [5, 5.41) is 0.482. The molecule has 0 aliphatic carbocycles. The van der Waals surface area contributed by atoms with E-state index in [1.54, 1.807) is 7.11 Å². The number of fused-ring (bicyclic) bond motifs is 3. The van der Waals surface area contributed by atoms with Crippen LogP contribution in [0.1, 0.15) is 88.5 Å². The zero-order valence-electron chi connectivity index (χ0n) is 44.3. The van der Waals surface area contributed by atoms with Crippen LogP contribution >= 0.6 is 0 Å². The normalized spacial score (nSPS) is 18.6. The summed E-state index contributed by atoms with van der Waals surface area (Å²) in [5.41, 5.74) is 5.05. The number of hydrogen-bond acceptors (Lipinski definition) is 16. The van der Waals surface area contributed by atoms with E-state index in [2.05, 4.69) is 37.8 Å². The molecule has 4 aliphatic heterocycles. The first kappa shape index (κ1) is 59.0. The van der Waals surface area contributed by atoms with E-state index in [4.69, 9.17) is 38.0 Å². The summed E-state index contributed by atoms with van der Waals surface area (Å²) in [6, 6.07) is 17.8. The van der Waals surface area contributed by atoms with Gasteiger partial charge in [0.15, 0.2) is 5.71 Å². The van der Waals surface area contributed by atoms with Gasteiger partial charge in [-0.2, -0.15) is 21.4 Å². The van der Waals surface area contributed by atoms with E-state index in [0.29, 0.717) is 118 Å². The summed E-state index contributed by atoms with van der Waals surface area (Å²) in [7, 11) is -7.48. The minimum atomic E-state index is -4.72. The predicted molar refractivity (Wildman–Crippen MR) is 286 cm³/mol. The van der Waals surface area contributed by atoms with Crippen LogP contribution in [-0.4, -0.2) is 163 Å². The van der Waals surface area contributed by atoms with Crippen molar-refractivity contribution in [3.05, 3.63) is 101 Å². The Morgan fingerprint density at radius 2 is 1.39 bits per heavy atom. The van der Waals surface area contributed by atoms with Crippen molar-refractivity contribution < 1.29 is 82.9 Å². The Hall–Kier alpha value is -5.66. The highest BCUT2D eigenvalue weighted by Crippen LogP contribution is 2.49. The zero-order valence-corrected chi connectivity index (χ0v) is 46.0. The molecule has 0 aromatic heterocycles. The SMILES string of the molecule is COCCOCCOCCOCCOCCOCCN1c2cc3c(cc2C(C)=CC1(C)C)C(=CC1=[N+](CCCS(=O)(=O)O)c2ccc(S(=O)(=O)O)cc2C1(C)CCCC(=O)ON1C(=O)CCC1=O)C=C(c1ccccc1)O3. The van der Waals surface area contributed by atoms with Crippen molar-refractivity contribution >= 4 is 72.0 Å². The van der Waals surface area contributed by atoms with Crippen molar-refractivity contribution in [1.82, 2.24) is 5.06 Å². The van der Waals surface area contributed by atoms with E-state index in [1.165, 1.54) is 18.2 Å². The molecule has 3 aromatic rings. The number of hydrogen-bond donors (Lipinski definition) is 2. The molecule has 3 aromatic carbocycles. The fraction of sp³-hybridized carbons (Fsp3) is 0.491. The van der Waals surface area contributed by atoms with Gasteiger partial charge in [0.25, 0.3) is 32.1 Å². The Kier molecular flexibility index (Phi) is 20.2. The van der Waals surface area contributed by atoms with Crippen LogP contribution in [0.5, 0.6) is 5.75 Å². The van der Waals surface area contributed by atoms with Gasteiger partial charge in [-0.3, -0.25) is 18.7 Å². The summed E-state index contributed by atoms with van der Waals surface area (Å²) in [6.07, 6.45) is 5.94. The number of carbonyl (C=O) groups excluding carboxylic acids is 3. The number of nitrogens with zero attached hydrogens (tertiary/aromatic N) is 3. The van der Waals surface area contributed by atoms with Gasteiger partial charge < -0.3 is 42.9 Å². The van der Waals surface area contributed by atoms with Crippen LogP contribution in [0.4, 0.5) is 11.4 Å². The largest absolute Gasteiger partial charge is 0.456 e. The Morgan fingerprint density at radius 1 is 0.779 bits per heavy atom. The number of benzene rings is 3. The van der Waals surface area contributed by atoms with Crippen molar-refractivity contribution in [3.63, 3.8) is 0 Å². The first-order chi connectivity index (χ1) is 36.7. The van der Waals surface area contributed by atoms with Gasteiger partial charge in [-0.1, -0.05) is 36.4 Å². The maximum Gasteiger partial charge on any atom is 0.333 e. The second-order valence-electron chi connectivity index (χ2n) is 19.7. The van der Waals surface area contributed by atoms with Gasteiger partial charge in [-0.05, 0) is 76.0 Å². The highest BCUT2D eigenvalue weighted by molar-refractivity contribution is 7.86. The molecule has 1 fully saturated rings. The third kappa shape index (κ3) is 15.3. The predicted octanol–water partition coefficient (Wildman–Crippen LogP) is 6.59. The molecule has 1 atom stereocenters. The van der Waals surface area contributed by atoms with Crippen LogP contribution in [-0.2, 0) is 73.3 Å². The van der Waals surface area contributed by atoms with Crippen LogP contribution < -0.4 is 9.64 Å². The first-order valence-corrected chi connectivity index (χ1v) is 28.7. The molecule has 1 saturated heterocycles. The van der Waals surface area contributed by atoms with Crippen LogP contribution in [0.3, 0.4) is 0 Å². The fourth-order valence-electron chi connectivity index (χ4n) is 9.94. The molecule has 4 heterocycles. The maximum absolute atomic E-state index is 13.2. The van der Waals surface area contributed by atoms with E-state index in [0.717, 1.165) is 28.0 Å². The monoisotopic (exact) mass is 1110 g/mol. The van der Waals surface area contributed by atoms with E-state index in [1.807, 2.05) is 60.0 Å². The van der Waals surface area contributed by atoms with Gasteiger partial charge >= 0.3 is 5.97 Å². The van der Waals surface area contributed by atoms with Gasteiger partial charge in [0.05, 0.1) is 94.3 Å². The Labute approximate surface area is 450 Å². The minimum Gasteiger partial charge on any atom is -0.456 e. The van der Waals surface area contributed by atoms with Crippen LogP contribution in [0, 0.1) is 0 Å². The summed E-state index contributed by atoms with van der Waals surface area (Å²) in [5.74, 6) is -1.57. The fourth-order valence-corrected chi connectivity index (χ4v) is 10.9. The van der Waals surface area contributed by atoms with Crippen molar-refractivity contribution in [1.29, 1.82) is 0 Å². The van der Waals surface area contributed by atoms with Crippen molar-refractivity contribution in [2.24, 2.45) is 0 Å². The second kappa shape index (κ2) is 26.3. The van der Waals surface area contributed by atoms with Crippen LogP contribution in [0.2, 0.25) is 0 Å². The molecule has 1 unspecified atom stereocenters. The van der Waals surface area contributed by atoms with E-state index >= 15 is 0 Å². The molecule has 0 bridgehead atoms. The molecule has 0 radical (unpaired) electrons. The number of amides is 2. The maximum atomic E-state index is 13.2. The van der Waals surface area contributed by atoms with Gasteiger partial charge in [0.2, 0.25) is 5.69 Å². The summed E-state index contributed by atoms with van der Waals surface area (Å²) < 4.78 is 112.